The summed E-state index contributed by atoms with van der Waals surface area (Å²) in [5.41, 5.74) is 0. The Morgan fingerprint density at radius 1 is 1.75 bits per heavy atom. The highest BCUT2D eigenvalue weighted by Crippen LogP contribution is 2.02. The predicted molar refractivity (Wildman–Crippen MR) is 33.4 cm³/mol. The summed E-state index contributed by atoms with van der Waals surface area (Å²) >= 11 is 0. The lowest BCUT2D eigenvalue weighted by molar-refractivity contribution is 0.258. The lowest BCUT2D eigenvalue weighted by atomic mass is 10.3. The predicted octanol–water partition coefficient (Wildman–Crippen LogP) is 1.64. The van der Waals surface area contributed by atoms with Crippen LogP contribution in [0.4, 0.5) is 0 Å². The number of rotatable bonds is 1. The number of ether oxygens (including phenoxy) is 1. The Kier molecular flexibility index (Phi) is 1.52. The Morgan fingerprint density at radius 3 is 3.00 bits per heavy atom. The summed E-state index contributed by atoms with van der Waals surface area (Å²) in [7, 11) is 0. The Hall–Kier alpha value is -0.980. The summed E-state index contributed by atoms with van der Waals surface area (Å²) in [5, 5.41) is 0. The second-order valence-corrected chi connectivity index (χ2v) is 1.51. The fourth-order valence-electron chi connectivity index (χ4n) is 0.538. The van der Waals surface area contributed by atoms with Crippen LogP contribution in [0.15, 0.2) is 36.6 Å². The van der Waals surface area contributed by atoms with E-state index in [0.29, 0.717) is 6.61 Å². The monoisotopic (exact) mass is 108 g/mol. The third kappa shape index (κ3) is 0.997. The maximum atomic E-state index is 5.08. The minimum atomic E-state index is 0.678. The summed E-state index contributed by atoms with van der Waals surface area (Å²) in [4.78, 5) is 0. The van der Waals surface area contributed by atoms with Gasteiger partial charge in [-0.15, -0.1) is 0 Å². The molecule has 0 radical (unpaired) electrons. The molecule has 1 rings (SSSR count). The van der Waals surface area contributed by atoms with Gasteiger partial charge in [0.15, 0.2) is 0 Å². The topological polar surface area (TPSA) is 9.23 Å². The zero-order valence-corrected chi connectivity index (χ0v) is 4.63. The Morgan fingerprint density at radius 2 is 2.62 bits per heavy atom. The minimum Gasteiger partial charge on any atom is -0.490 e. The van der Waals surface area contributed by atoms with Gasteiger partial charge in [-0.05, 0) is 18.2 Å². The second-order valence-electron chi connectivity index (χ2n) is 1.51. The molecule has 0 N–H and O–H groups in total. The van der Waals surface area contributed by atoms with Crippen molar-refractivity contribution in [1.82, 2.24) is 0 Å². The summed E-state index contributed by atoms with van der Waals surface area (Å²) < 4.78 is 5.08. The lowest BCUT2D eigenvalue weighted by Crippen LogP contribution is -1.91. The standard InChI is InChI=1S/C7H8O/c1-2-7-5-3-4-6-8-7/h2-5H,1,6H2. The van der Waals surface area contributed by atoms with Crippen molar-refractivity contribution in [3.8, 4) is 0 Å². The highest BCUT2D eigenvalue weighted by molar-refractivity contribution is 5.19. The Labute approximate surface area is 49.0 Å². The summed E-state index contributed by atoms with van der Waals surface area (Å²) in [6, 6.07) is 0. The van der Waals surface area contributed by atoms with Crippen LogP contribution in [0.1, 0.15) is 0 Å². The van der Waals surface area contributed by atoms with Crippen molar-refractivity contribution in [1.29, 1.82) is 0 Å². The molecule has 0 atom stereocenters. The van der Waals surface area contributed by atoms with Gasteiger partial charge in [0.25, 0.3) is 0 Å². The van der Waals surface area contributed by atoms with Gasteiger partial charge < -0.3 is 4.74 Å². The normalized spacial score (nSPS) is 16.8. The first-order chi connectivity index (χ1) is 3.93. The molecule has 8 heavy (non-hydrogen) atoms. The largest absolute Gasteiger partial charge is 0.490 e. The zero-order valence-electron chi connectivity index (χ0n) is 4.63. The van der Waals surface area contributed by atoms with Crippen molar-refractivity contribution in [2.75, 3.05) is 6.61 Å². The van der Waals surface area contributed by atoms with Crippen molar-refractivity contribution in [2.45, 2.75) is 0 Å². The van der Waals surface area contributed by atoms with E-state index in [2.05, 4.69) is 6.58 Å². The molecule has 0 saturated carbocycles. The molecule has 0 aromatic rings. The van der Waals surface area contributed by atoms with Crippen molar-refractivity contribution in [2.24, 2.45) is 0 Å². The highest BCUT2D eigenvalue weighted by atomic mass is 16.5. The van der Waals surface area contributed by atoms with Crippen LogP contribution < -0.4 is 0 Å². The van der Waals surface area contributed by atoms with E-state index in [4.69, 9.17) is 4.74 Å². The molecule has 0 aromatic carbocycles. The maximum absolute atomic E-state index is 5.08. The first kappa shape index (κ1) is 5.16. The quantitative estimate of drug-likeness (QED) is 0.496. The molecule has 0 saturated heterocycles. The van der Waals surface area contributed by atoms with Crippen molar-refractivity contribution in [3.63, 3.8) is 0 Å². The van der Waals surface area contributed by atoms with Crippen LogP contribution >= 0.6 is 0 Å². The summed E-state index contributed by atoms with van der Waals surface area (Å²) in [5.74, 6) is 0.854. The highest BCUT2D eigenvalue weighted by Gasteiger charge is 1.90. The Balaban J connectivity index is 2.63. The molecule has 0 aliphatic carbocycles. The van der Waals surface area contributed by atoms with Gasteiger partial charge in [0.2, 0.25) is 0 Å². The van der Waals surface area contributed by atoms with Gasteiger partial charge in [-0.25, -0.2) is 0 Å². The molecule has 0 spiro atoms. The van der Waals surface area contributed by atoms with E-state index in [-0.39, 0.29) is 0 Å². The molecule has 1 nitrogen and oxygen atoms in total. The van der Waals surface area contributed by atoms with Crippen LogP contribution in [0.25, 0.3) is 0 Å². The van der Waals surface area contributed by atoms with Crippen LogP contribution in [0.3, 0.4) is 0 Å². The third-order valence-electron chi connectivity index (χ3n) is 0.944. The van der Waals surface area contributed by atoms with Gasteiger partial charge in [-0.1, -0.05) is 12.7 Å². The van der Waals surface area contributed by atoms with Crippen LogP contribution in [0.5, 0.6) is 0 Å². The van der Waals surface area contributed by atoms with Gasteiger partial charge in [0.1, 0.15) is 12.4 Å². The van der Waals surface area contributed by atoms with Gasteiger partial charge >= 0.3 is 0 Å². The van der Waals surface area contributed by atoms with Gasteiger partial charge in [-0.2, -0.15) is 0 Å². The van der Waals surface area contributed by atoms with Crippen molar-refractivity contribution < 1.29 is 4.74 Å². The molecule has 0 bridgehead atoms. The van der Waals surface area contributed by atoms with Crippen LogP contribution in [0.2, 0.25) is 0 Å². The number of hydrogen-bond acceptors (Lipinski definition) is 1. The van der Waals surface area contributed by atoms with Gasteiger partial charge in [0.05, 0.1) is 0 Å². The van der Waals surface area contributed by atoms with E-state index in [1.54, 1.807) is 6.08 Å². The van der Waals surface area contributed by atoms with Crippen LogP contribution in [-0.4, -0.2) is 6.61 Å². The molecule has 0 amide bonds. The van der Waals surface area contributed by atoms with E-state index in [9.17, 15) is 0 Å². The lowest BCUT2D eigenvalue weighted by Gasteiger charge is -2.04. The van der Waals surface area contributed by atoms with Crippen LogP contribution in [-0.2, 0) is 4.74 Å². The molecule has 1 heterocycles. The number of allylic oxidation sites excluding steroid dienone is 3. The van der Waals surface area contributed by atoms with Gasteiger partial charge in [0, 0.05) is 0 Å². The smallest absolute Gasteiger partial charge is 0.119 e. The molecule has 0 unspecified atom stereocenters. The second kappa shape index (κ2) is 2.36. The van der Waals surface area contributed by atoms with E-state index in [1.807, 2.05) is 18.2 Å². The van der Waals surface area contributed by atoms with E-state index < -0.39 is 0 Å². The molecule has 1 heteroatoms. The Bertz CT molecular complexity index is 142. The molecule has 42 valence electrons. The maximum Gasteiger partial charge on any atom is 0.119 e. The number of hydrogen-bond donors (Lipinski definition) is 0. The van der Waals surface area contributed by atoms with Crippen molar-refractivity contribution in [3.05, 3.63) is 36.6 Å². The minimum absolute atomic E-state index is 0.678. The average Bonchev–Trinajstić information content (AvgIpc) is 1.90. The molecular formula is C7H8O. The molecule has 0 aromatic heterocycles. The van der Waals surface area contributed by atoms with E-state index >= 15 is 0 Å². The zero-order chi connectivity index (χ0) is 5.82. The van der Waals surface area contributed by atoms with Gasteiger partial charge in [-0.3, -0.25) is 0 Å². The fourth-order valence-corrected chi connectivity index (χ4v) is 0.538. The molecule has 0 fully saturated rings. The average molecular weight is 108 g/mol. The summed E-state index contributed by atoms with van der Waals surface area (Å²) in [6.45, 7) is 4.24. The summed E-state index contributed by atoms with van der Waals surface area (Å²) in [6.07, 6.45) is 7.49. The first-order valence-corrected chi connectivity index (χ1v) is 2.55. The van der Waals surface area contributed by atoms with Crippen LogP contribution in [0, 0.1) is 0 Å². The molecular weight excluding hydrogens is 100 g/mol. The molecule has 1 aliphatic rings. The fraction of sp³-hybridized carbons (Fsp3) is 0.143. The SMILES string of the molecule is C=CC1=CC=CCO1. The third-order valence-corrected chi connectivity index (χ3v) is 0.944. The van der Waals surface area contributed by atoms with E-state index in [0.717, 1.165) is 5.76 Å². The van der Waals surface area contributed by atoms with Crippen molar-refractivity contribution >= 4 is 0 Å². The first-order valence-electron chi connectivity index (χ1n) is 2.55. The van der Waals surface area contributed by atoms with E-state index in [1.165, 1.54) is 0 Å². The molecule has 1 aliphatic heterocycles.